The number of hydrogen-bond acceptors (Lipinski definition) is 4. The maximum atomic E-state index is 6.73. The number of rotatable bonds is 6. The van der Waals surface area contributed by atoms with Gasteiger partial charge in [0.2, 0.25) is 0 Å². The highest BCUT2D eigenvalue weighted by Gasteiger charge is 2.46. The highest BCUT2D eigenvalue weighted by atomic mass is 16.5. The Kier molecular flexibility index (Phi) is 7.85. The summed E-state index contributed by atoms with van der Waals surface area (Å²) < 4.78 is 6.73. The minimum absolute atomic E-state index is 0.0295. The summed E-state index contributed by atoms with van der Waals surface area (Å²) in [6.45, 7) is 0. The van der Waals surface area contributed by atoms with Crippen molar-refractivity contribution in [2.24, 2.45) is 0 Å². The van der Waals surface area contributed by atoms with Gasteiger partial charge in [-0.15, -0.1) is 0 Å². The van der Waals surface area contributed by atoms with Crippen molar-refractivity contribution in [3.05, 3.63) is 240 Å². The van der Waals surface area contributed by atoms with Crippen LogP contribution in [0.25, 0.3) is 67.2 Å². The summed E-state index contributed by atoms with van der Waals surface area (Å²) in [5.41, 5.74) is 12.8. The van der Waals surface area contributed by atoms with Crippen molar-refractivity contribution >= 4 is 10.8 Å². The number of allylic oxidation sites excluding steroid dienone is 2. The highest BCUT2D eigenvalue weighted by molar-refractivity contribution is 5.90. The predicted octanol–water partition coefficient (Wildman–Crippen LogP) is 13.0. The molecule has 2 aliphatic carbocycles. The molecular weight excluding hydrogens is 731 g/mol. The summed E-state index contributed by atoms with van der Waals surface area (Å²) in [5, 5.41) is 2.39. The maximum Gasteiger partial charge on any atom is 0.164 e. The lowest BCUT2D eigenvalue weighted by atomic mass is 9.67. The van der Waals surface area contributed by atoms with Crippen molar-refractivity contribution in [2.45, 2.75) is 17.4 Å². The largest absolute Gasteiger partial charge is 0.485 e. The van der Waals surface area contributed by atoms with Crippen LogP contribution in [-0.2, 0) is 5.41 Å². The molecule has 8 aromatic carbocycles. The Morgan fingerprint density at radius 1 is 0.400 bits per heavy atom. The molecule has 1 aromatic heterocycles. The number of nitrogens with zero attached hydrogens (tertiary/aromatic N) is 3. The zero-order valence-corrected chi connectivity index (χ0v) is 32.6. The minimum atomic E-state index is -0.551. The minimum Gasteiger partial charge on any atom is -0.485 e. The van der Waals surface area contributed by atoms with Gasteiger partial charge in [0.25, 0.3) is 0 Å². The van der Waals surface area contributed by atoms with Crippen LogP contribution in [0.1, 0.15) is 33.7 Å². The van der Waals surface area contributed by atoms with Gasteiger partial charge in [-0.1, -0.05) is 182 Å². The molecule has 0 spiro atoms. The number of aromatic nitrogens is 3. The number of benzene rings is 8. The first kappa shape index (κ1) is 34.4. The molecule has 3 aliphatic rings. The summed E-state index contributed by atoms with van der Waals surface area (Å²) in [4.78, 5) is 16.0. The Hall–Kier alpha value is -7.69. The molecule has 60 heavy (non-hydrogen) atoms. The molecule has 0 bridgehead atoms. The first-order valence-corrected chi connectivity index (χ1v) is 20.6. The van der Waals surface area contributed by atoms with Gasteiger partial charge in [0.1, 0.15) is 11.9 Å². The second-order valence-electron chi connectivity index (χ2n) is 15.8. The second-order valence-corrected chi connectivity index (χ2v) is 15.8. The van der Waals surface area contributed by atoms with Crippen LogP contribution < -0.4 is 4.74 Å². The van der Waals surface area contributed by atoms with Crippen molar-refractivity contribution in [1.29, 1.82) is 0 Å². The van der Waals surface area contributed by atoms with E-state index in [0.717, 1.165) is 39.1 Å². The van der Waals surface area contributed by atoms with Crippen LogP contribution in [-0.4, -0.2) is 21.1 Å². The summed E-state index contributed by atoms with van der Waals surface area (Å²) in [7, 11) is 0. The van der Waals surface area contributed by atoms with E-state index in [1.807, 2.05) is 18.2 Å². The smallest absolute Gasteiger partial charge is 0.164 e. The molecule has 0 amide bonds. The third kappa shape index (κ3) is 5.34. The fourth-order valence-electron chi connectivity index (χ4n) is 9.82. The summed E-state index contributed by atoms with van der Waals surface area (Å²) >= 11 is 0. The van der Waals surface area contributed by atoms with Crippen LogP contribution >= 0.6 is 0 Å². The topological polar surface area (TPSA) is 47.9 Å². The zero-order valence-electron chi connectivity index (χ0n) is 32.6. The van der Waals surface area contributed by atoms with Crippen molar-refractivity contribution in [1.82, 2.24) is 15.0 Å². The lowest BCUT2D eigenvalue weighted by Crippen LogP contribution is -2.28. The molecule has 1 aliphatic heterocycles. The predicted molar refractivity (Wildman–Crippen MR) is 242 cm³/mol. The average Bonchev–Trinajstić information content (AvgIpc) is 3.85. The Labute approximate surface area is 348 Å². The molecule has 0 saturated heterocycles. The van der Waals surface area contributed by atoms with E-state index in [4.69, 9.17) is 19.7 Å². The fourth-order valence-corrected chi connectivity index (χ4v) is 9.82. The second kappa shape index (κ2) is 13.7. The summed E-state index contributed by atoms with van der Waals surface area (Å²) in [5.74, 6) is 2.74. The quantitative estimate of drug-likeness (QED) is 0.169. The molecular formula is C56H37N3O. The Morgan fingerprint density at radius 3 is 1.80 bits per heavy atom. The number of ether oxygens (including phenoxy) is 1. The third-order valence-electron chi connectivity index (χ3n) is 12.5. The van der Waals surface area contributed by atoms with Gasteiger partial charge in [0.15, 0.2) is 17.5 Å². The van der Waals surface area contributed by atoms with E-state index in [0.29, 0.717) is 17.5 Å². The van der Waals surface area contributed by atoms with Gasteiger partial charge in [-0.3, -0.25) is 0 Å². The van der Waals surface area contributed by atoms with Crippen LogP contribution in [0.5, 0.6) is 5.75 Å². The molecule has 0 radical (unpaired) electrons. The van der Waals surface area contributed by atoms with Gasteiger partial charge in [0.05, 0.1) is 5.41 Å². The van der Waals surface area contributed by atoms with E-state index in [-0.39, 0.29) is 12.0 Å². The lowest BCUT2D eigenvalue weighted by Gasteiger charge is -2.34. The number of hydrogen-bond donors (Lipinski definition) is 0. The van der Waals surface area contributed by atoms with Gasteiger partial charge in [-0.25, -0.2) is 15.0 Å². The molecule has 0 fully saturated rings. The molecule has 0 N–H and O–H groups in total. The van der Waals surface area contributed by atoms with E-state index >= 15 is 0 Å². The Bertz CT molecular complexity index is 3150. The van der Waals surface area contributed by atoms with Gasteiger partial charge in [-0.05, 0) is 85.6 Å². The Morgan fingerprint density at radius 2 is 1.02 bits per heavy atom. The van der Waals surface area contributed by atoms with Crippen LogP contribution in [0.4, 0.5) is 0 Å². The summed E-state index contributed by atoms with van der Waals surface area (Å²) in [6, 6.07) is 67.2. The van der Waals surface area contributed by atoms with E-state index in [1.54, 1.807) is 0 Å². The van der Waals surface area contributed by atoms with Crippen molar-refractivity contribution in [3.63, 3.8) is 0 Å². The molecule has 9 aromatic rings. The third-order valence-corrected chi connectivity index (χ3v) is 12.5. The number of fused-ring (bicyclic) bond motifs is 7. The van der Waals surface area contributed by atoms with E-state index in [1.165, 1.54) is 44.2 Å². The lowest BCUT2D eigenvalue weighted by molar-refractivity contribution is 0.269. The summed E-state index contributed by atoms with van der Waals surface area (Å²) in [6.07, 6.45) is 8.46. The molecule has 0 saturated carbocycles. The first-order valence-electron chi connectivity index (χ1n) is 20.6. The van der Waals surface area contributed by atoms with E-state index in [9.17, 15) is 0 Å². The van der Waals surface area contributed by atoms with Gasteiger partial charge in [0, 0.05) is 28.2 Å². The van der Waals surface area contributed by atoms with Gasteiger partial charge >= 0.3 is 0 Å². The van der Waals surface area contributed by atoms with Crippen LogP contribution in [0, 0.1) is 0 Å². The molecule has 4 heteroatoms. The van der Waals surface area contributed by atoms with E-state index < -0.39 is 5.41 Å². The average molecular weight is 768 g/mol. The molecule has 2 atom stereocenters. The van der Waals surface area contributed by atoms with Crippen molar-refractivity contribution in [3.8, 4) is 62.2 Å². The monoisotopic (exact) mass is 767 g/mol. The van der Waals surface area contributed by atoms with Crippen LogP contribution in [0.3, 0.4) is 0 Å². The van der Waals surface area contributed by atoms with Gasteiger partial charge < -0.3 is 4.74 Å². The highest BCUT2D eigenvalue weighted by Crippen LogP contribution is 2.57. The zero-order chi connectivity index (χ0) is 39.6. The van der Waals surface area contributed by atoms with Crippen molar-refractivity contribution in [2.75, 3.05) is 0 Å². The van der Waals surface area contributed by atoms with Gasteiger partial charge in [-0.2, -0.15) is 0 Å². The van der Waals surface area contributed by atoms with Crippen molar-refractivity contribution < 1.29 is 4.74 Å². The molecule has 4 nitrogen and oxygen atoms in total. The van der Waals surface area contributed by atoms with Crippen LogP contribution in [0.15, 0.2) is 212 Å². The molecule has 2 unspecified atom stereocenters. The fraction of sp³-hybridized carbons (Fsp3) is 0.0536. The molecule has 282 valence electrons. The van der Waals surface area contributed by atoms with Crippen LogP contribution in [0.2, 0.25) is 0 Å². The normalized spacial score (nSPS) is 16.5. The molecule has 2 heterocycles. The SMILES string of the molecule is C1=CC2Oc3cc(-c4ccc5ccccc5c4)cc(-c4nc(-c5ccccc5)nc(-c5ccc6c(c5)C(c5ccccc5)(c5ccccc5)c5ccccc5-6)n4)c3C2C=C1. The Balaban J connectivity index is 1.10. The maximum absolute atomic E-state index is 6.73. The first-order chi connectivity index (χ1) is 29.7. The molecule has 12 rings (SSSR count). The van der Waals surface area contributed by atoms with E-state index in [2.05, 4.69) is 194 Å². The standard InChI is InChI=1S/C56H37N3O/c1-4-17-37(18-5-1)53-57-54(40-30-31-45-44-24-12-14-26-48(44)56(49(45)34-40,42-20-6-2-7-21-42)43-22-8-3-9-23-43)59-55(58-53)47-33-41(39-29-28-36-16-10-11-19-38(36)32-39)35-51-52(47)46-25-13-15-27-50(46)60-51/h1-35,46,50H.